The molecule has 102 valence electrons. The van der Waals surface area contributed by atoms with Crippen LogP contribution in [-0.2, 0) is 6.42 Å². The first-order chi connectivity index (χ1) is 9.75. The maximum absolute atomic E-state index is 5.40. The molecule has 3 rings (SSSR count). The Balaban J connectivity index is 1.97. The van der Waals surface area contributed by atoms with Gasteiger partial charge in [-0.05, 0) is 43.4 Å². The predicted octanol–water partition coefficient (Wildman–Crippen LogP) is 3.40. The molecule has 3 aromatic rings. The van der Waals surface area contributed by atoms with Gasteiger partial charge in [0.05, 0.1) is 6.26 Å². The van der Waals surface area contributed by atoms with E-state index in [1.54, 1.807) is 18.7 Å². The van der Waals surface area contributed by atoms with E-state index in [0.717, 1.165) is 23.6 Å². The molecule has 0 aliphatic rings. The van der Waals surface area contributed by atoms with Gasteiger partial charge in [-0.2, -0.15) is 5.10 Å². The summed E-state index contributed by atoms with van der Waals surface area (Å²) in [5.74, 6) is 1.72. The largest absolute Gasteiger partial charge is 0.469 e. The fourth-order valence-corrected chi connectivity index (χ4v) is 2.54. The molecule has 0 spiro atoms. The molecular weight excluding hydrogens is 272 g/mol. The lowest BCUT2D eigenvalue weighted by Gasteiger charge is -2.14. The van der Waals surface area contributed by atoms with Crippen molar-refractivity contribution in [3.63, 3.8) is 0 Å². The zero-order chi connectivity index (χ0) is 13.9. The average Bonchev–Trinajstić information content (AvgIpc) is 3.09. The highest BCUT2D eigenvalue weighted by Crippen LogP contribution is 2.22. The molecule has 1 unspecified atom stereocenters. The highest BCUT2D eigenvalue weighted by atomic mass is 32.1. The summed E-state index contributed by atoms with van der Waals surface area (Å²) in [6.07, 6.45) is 5.95. The second-order valence-electron chi connectivity index (χ2n) is 4.60. The Morgan fingerprint density at radius 2 is 2.30 bits per heavy atom. The molecule has 3 aromatic heterocycles. The van der Waals surface area contributed by atoms with Crippen molar-refractivity contribution >= 4 is 12.2 Å². The van der Waals surface area contributed by atoms with Crippen molar-refractivity contribution in [2.45, 2.75) is 19.4 Å². The van der Waals surface area contributed by atoms with Crippen molar-refractivity contribution in [3.05, 3.63) is 53.5 Å². The van der Waals surface area contributed by atoms with Gasteiger partial charge in [0.15, 0.2) is 10.6 Å². The van der Waals surface area contributed by atoms with E-state index in [1.807, 2.05) is 28.8 Å². The van der Waals surface area contributed by atoms with Crippen LogP contribution < -0.4 is 0 Å². The van der Waals surface area contributed by atoms with Crippen molar-refractivity contribution in [2.75, 3.05) is 0 Å². The molecule has 0 amide bonds. The van der Waals surface area contributed by atoms with Crippen LogP contribution in [0.25, 0.3) is 11.4 Å². The molecule has 0 aliphatic heterocycles. The Morgan fingerprint density at radius 1 is 1.40 bits per heavy atom. The van der Waals surface area contributed by atoms with Crippen LogP contribution in [0.3, 0.4) is 0 Å². The van der Waals surface area contributed by atoms with Crippen LogP contribution in [-0.4, -0.2) is 19.7 Å². The van der Waals surface area contributed by atoms with E-state index in [2.05, 4.69) is 22.1 Å². The summed E-state index contributed by atoms with van der Waals surface area (Å²) in [6, 6.07) is 7.84. The number of hydrogen-bond acceptors (Lipinski definition) is 4. The first-order valence-corrected chi connectivity index (χ1v) is 6.76. The maximum Gasteiger partial charge on any atom is 0.195 e. The molecule has 1 N–H and O–H groups in total. The number of rotatable bonds is 4. The van der Waals surface area contributed by atoms with Crippen LogP contribution in [0.1, 0.15) is 18.7 Å². The first kappa shape index (κ1) is 12.8. The normalized spacial score (nSPS) is 12.4. The lowest BCUT2D eigenvalue weighted by atomic mass is 10.2. The summed E-state index contributed by atoms with van der Waals surface area (Å²) in [4.78, 5) is 4.13. The van der Waals surface area contributed by atoms with Gasteiger partial charge in [-0.3, -0.25) is 14.6 Å². The lowest BCUT2D eigenvalue weighted by Crippen LogP contribution is -2.10. The Labute approximate surface area is 121 Å². The summed E-state index contributed by atoms with van der Waals surface area (Å²) in [5.41, 5.74) is 0.936. The van der Waals surface area contributed by atoms with Crippen molar-refractivity contribution in [1.29, 1.82) is 0 Å². The van der Waals surface area contributed by atoms with Gasteiger partial charge in [-0.15, -0.1) is 0 Å². The number of H-pyrrole nitrogens is 1. The minimum Gasteiger partial charge on any atom is -0.469 e. The van der Waals surface area contributed by atoms with E-state index in [9.17, 15) is 0 Å². The number of hydrogen-bond donors (Lipinski definition) is 1. The second-order valence-corrected chi connectivity index (χ2v) is 4.98. The van der Waals surface area contributed by atoms with Gasteiger partial charge in [0.1, 0.15) is 5.76 Å². The van der Waals surface area contributed by atoms with E-state index in [4.69, 9.17) is 16.6 Å². The molecular formula is C14H14N4OS. The summed E-state index contributed by atoms with van der Waals surface area (Å²) in [7, 11) is 0. The van der Waals surface area contributed by atoms with Crippen LogP contribution in [0, 0.1) is 4.77 Å². The average molecular weight is 286 g/mol. The predicted molar refractivity (Wildman–Crippen MR) is 77.8 cm³/mol. The quantitative estimate of drug-likeness (QED) is 0.747. The molecule has 0 bridgehead atoms. The van der Waals surface area contributed by atoms with Crippen molar-refractivity contribution in [1.82, 2.24) is 19.7 Å². The smallest absolute Gasteiger partial charge is 0.195 e. The second kappa shape index (κ2) is 5.42. The van der Waals surface area contributed by atoms with Crippen molar-refractivity contribution < 1.29 is 4.42 Å². The molecule has 0 saturated heterocycles. The Kier molecular flexibility index (Phi) is 3.47. The summed E-state index contributed by atoms with van der Waals surface area (Å²) < 4.78 is 7.99. The van der Waals surface area contributed by atoms with Gasteiger partial charge in [-0.25, -0.2) is 0 Å². The zero-order valence-corrected chi connectivity index (χ0v) is 11.8. The molecule has 0 saturated carbocycles. The van der Waals surface area contributed by atoms with Gasteiger partial charge in [0.2, 0.25) is 0 Å². The minimum atomic E-state index is 0.141. The molecule has 0 fully saturated rings. The van der Waals surface area contributed by atoms with Crippen LogP contribution in [0.5, 0.6) is 0 Å². The first-order valence-electron chi connectivity index (χ1n) is 6.35. The third-order valence-corrected chi connectivity index (χ3v) is 3.43. The lowest BCUT2D eigenvalue weighted by molar-refractivity contribution is 0.448. The highest BCUT2D eigenvalue weighted by Gasteiger charge is 2.16. The van der Waals surface area contributed by atoms with Crippen LogP contribution in [0.2, 0.25) is 0 Å². The topological polar surface area (TPSA) is 59.6 Å². The standard InChI is InChI=1S/C14H14N4OS/c1-10(8-12-5-3-7-19-12)18-13(16-17-14(18)20)11-4-2-6-15-9-11/h2-7,9-10H,8H2,1H3,(H,17,20). The van der Waals surface area contributed by atoms with Crippen LogP contribution >= 0.6 is 12.2 Å². The Morgan fingerprint density at radius 3 is 3.00 bits per heavy atom. The van der Waals surface area contributed by atoms with E-state index < -0.39 is 0 Å². The Bertz CT molecular complexity index is 730. The fraction of sp³-hybridized carbons (Fsp3) is 0.214. The molecule has 0 aliphatic carbocycles. The number of nitrogens with zero attached hydrogens (tertiary/aromatic N) is 3. The number of furan rings is 1. The van der Waals surface area contributed by atoms with E-state index >= 15 is 0 Å². The molecule has 6 heteroatoms. The van der Waals surface area contributed by atoms with E-state index in [-0.39, 0.29) is 6.04 Å². The molecule has 1 atom stereocenters. The van der Waals surface area contributed by atoms with E-state index in [0.29, 0.717) is 4.77 Å². The SMILES string of the molecule is CC(Cc1ccco1)n1c(-c2cccnc2)n[nH]c1=S. The van der Waals surface area contributed by atoms with Gasteiger partial charge in [0.25, 0.3) is 0 Å². The van der Waals surface area contributed by atoms with Gasteiger partial charge in [-0.1, -0.05) is 0 Å². The van der Waals surface area contributed by atoms with E-state index in [1.165, 1.54) is 0 Å². The molecule has 0 aromatic carbocycles. The Hall–Kier alpha value is -2.21. The van der Waals surface area contributed by atoms with Crippen molar-refractivity contribution in [3.8, 4) is 11.4 Å². The number of aromatic nitrogens is 4. The summed E-state index contributed by atoms with van der Waals surface area (Å²) in [5, 5.41) is 7.17. The summed E-state index contributed by atoms with van der Waals surface area (Å²) >= 11 is 5.34. The monoisotopic (exact) mass is 286 g/mol. The maximum atomic E-state index is 5.40. The fourth-order valence-electron chi connectivity index (χ4n) is 2.22. The van der Waals surface area contributed by atoms with Gasteiger partial charge in [0, 0.05) is 30.4 Å². The van der Waals surface area contributed by atoms with Crippen LogP contribution in [0.15, 0.2) is 47.3 Å². The number of pyridine rings is 1. The van der Waals surface area contributed by atoms with Crippen LogP contribution in [0.4, 0.5) is 0 Å². The third-order valence-electron chi connectivity index (χ3n) is 3.14. The minimum absolute atomic E-state index is 0.141. The molecule has 0 radical (unpaired) electrons. The number of aromatic amines is 1. The van der Waals surface area contributed by atoms with Gasteiger partial charge < -0.3 is 4.42 Å². The summed E-state index contributed by atoms with van der Waals surface area (Å²) in [6.45, 7) is 2.09. The molecule has 5 nitrogen and oxygen atoms in total. The third kappa shape index (κ3) is 2.42. The number of nitrogens with one attached hydrogen (secondary N) is 1. The molecule has 20 heavy (non-hydrogen) atoms. The van der Waals surface area contributed by atoms with Crippen molar-refractivity contribution in [2.24, 2.45) is 0 Å². The zero-order valence-electron chi connectivity index (χ0n) is 11.0. The molecule has 3 heterocycles. The highest BCUT2D eigenvalue weighted by molar-refractivity contribution is 7.71. The van der Waals surface area contributed by atoms with Gasteiger partial charge >= 0.3 is 0 Å².